The number of halogens is 1. The first-order valence-corrected chi connectivity index (χ1v) is 31.8. The Morgan fingerprint density at radius 1 is 0.270 bits per heavy atom. The lowest BCUT2D eigenvalue weighted by molar-refractivity contribution is 0.945. The molecule has 4 aromatic heterocycles. The molecule has 14 aromatic carbocycles. The van der Waals surface area contributed by atoms with Crippen molar-refractivity contribution in [1.29, 1.82) is 0 Å². The monoisotopic (exact) mass is 1200 g/mol. The predicted molar refractivity (Wildman–Crippen MR) is 382 cm³/mol. The van der Waals surface area contributed by atoms with E-state index in [-0.39, 0.29) is 1.43 Å². The molecule has 4 nitrogen and oxygen atoms in total. The molecule has 1 N–H and O–H groups in total. The first-order chi connectivity index (χ1) is 44.1. The van der Waals surface area contributed by atoms with E-state index in [4.69, 9.17) is 0 Å². The van der Waals surface area contributed by atoms with Gasteiger partial charge in [-0.15, -0.1) is 0 Å². The average molecular weight is 1210 g/mol. The van der Waals surface area contributed by atoms with E-state index in [1.165, 1.54) is 170 Å². The van der Waals surface area contributed by atoms with Crippen LogP contribution in [0.25, 0.3) is 148 Å². The van der Waals surface area contributed by atoms with Gasteiger partial charge in [-0.25, -0.2) is 0 Å². The fourth-order valence-corrected chi connectivity index (χ4v) is 15.5. The summed E-state index contributed by atoms with van der Waals surface area (Å²) in [6.07, 6.45) is 4.48. The van der Waals surface area contributed by atoms with E-state index in [2.05, 4.69) is 326 Å². The number of nitrogens with zero attached hydrogens (tertiary/aromatic N) is 3. The van der Waals surface area contributed by atoms with Crippen molar-refractivity contribution in [1.82, 2.24) is 18.7 Å². The second-order valence-corrected chi connectivity index (χ2v) is 24.8. The number of aromatic nitrogens is 4. The van der Waals surface area contributed by atoms with Crippen LogP contribution in [0.3, 0.4) is 0 Å². The van der Waals surface area contributed by atoms with Crippen molar-refractivity contribution in [3.63, 3.8) is 0 Å². The summed E-state index contributed by atoms with van der Waals surface area (Å²) in [6.45, 7) is 0. The van der Waals surface area contributed by atoms with Gasteiger partial charge in [-0.3, -0.25) is 0 Å². The molecule has 422 valence electrons. The van der Waals surface area contributed by atoms with Gasteiger partial charge in [-0.05, 0) is 166 Å². The minimum atomic E-state index is 0. The fraction of sp³-hybridized carbons (Fsp3) is 0.0476. The summed E-state index contributed by atoms with van der Waals surface area (Å²) in [4.78, 5) is 3.56. The summed E-state index contributed by atoms with van der Waals surface area (Å²) in [5.41, 5.74) is 25.0. The number of para-hydroxylation sites is 4. The van der Waals surface area contributed by atoms with Crippen molar-refractivity contribution < 1.29 is 1.43 Å². The molecule has 4 heterocycles. The zero-order valence-corrected chi connectivity index (χ0v) is 50.3. The SMILES string of the molecule is Brc1ccc(-n2c3ccccc3c3ccc4ccccc4c32)cc1.[2HH].c1ccc2c(c1)CCc1ccc3[nH]c4ccccc4c3c1-2.c1ccc2c(c1)CCc1ccc3c(c1-2)c1ccccc1n3-c1ccc(-n2c3ccccc3c3ccc4ccccc4c32)cc1. The number of H-pyrrole nitrogens is 1. The Bertz CT molecular complexity index is 5880. The average Bonchev–Trinajstić information content (AvgIpc) is 1.61. The molecule has 18 aromatic rings. The number of hydrogen-bond acceptors (Lipinski definition) is 0. The number of aryl methyl sites for hydroxylation is 4. The topological polar surface area (TPSA) is 30.6 Å². The van der Waals surface area contributed by atoms with Crippen LogP contribution in [0.4, 0.5) is 0 Å². The van der Waals surface area contributed by atoms with Crippen molar-refractivity contribution in [2.24, 2.45) is 0 Å². The van der Waals surface area contributed by atoms with E-state index in [1.54, 1.807) is 0 Å². The Hall–Kier alpha value is -10.7. The maximum atomic E-state index is 3.56. The van der Waals surface area contributed by atoms with Gasteiger partial charge in [-0.2, -0.15) is 0 Å². The van der Waals surface area contributed by atoms with Crippen LogP contribution in [-0.4, -0.2) is 18.7 Å². The van der Waals surface area contributed by atoms with Crippen molar-refractivity contribution in [3.8, 4) is 39.3 Å². The summed E-state index contributed by atoms with van der Waals surface area (Å²) < 4.78 is 8.36. The fourth-order valence-electron chi connectivity index (χ4n) is 15.2. The highest BCUT2D eigenvalue weighted by Crippen LogP contribution is 2.46. The lowest BCUT2D eigenvalue weighted by atomic mass is 9.83. The Kier molecular flexibility index (Phi) is 12.0. The minimum absolute atomic E-state index is 0. The maximum Gasteiger partial charge on any atom is 0.0619 e. The van der Waals surface area contributed by atoms with Crippen LogP contribution in [0, 0.1) is 0 Å². The predicted octanol–water partition coefficient (Wildman–Crippen LogP) is 22.8. The molecular formula is C84H59BrN4. The zero-order valence-electron chi connectivity index (χ0n) is 48.8. The van der Waals surface area contributed by atoms with Crippen LogP contribution < -0.4 is 0 Å². The molecule has 2 aliphatic rings. The third-order valence-electron chi connectivity index (χ3n) is 19.2. The van der Waals surface area contributed by atoms with Gasteiger partial charge in [0.1, 0.15) is 0 Å². The van der Waals surface area contributed by atoms with Crippen LogP contribution in [-0.2, 0) is 25.7 Å². The van der Waals surface area contributed by atoms with E-state index in [0.29, 0.717) is 0 Å². The highest BCUT2D eigenvalue weighted by Gasteiger charge is 2.25. The molecular weight excluding hydrogens is 1140 g/mol. The Morgan fingerprint density at radius 2 is 0.685 bits per heavy atom. The quantitative estimate of drug-likeness (QED) is 0.183. The number of rotatable bonds is 3. The summed E-state index contributed by atoms with van der Waals surface area (Å²) >= 11 is 3.54. The van der Waals surface area contributed by atoms with Gasteiger partial charge in [0, 0.05) is 87.9 Å². The van der Waals surface area contributed by atoms with Crippen molar-refractivity contribution in [2.75, 3.05) is 0 Å². The first-order valence-electron chi connectivity index (χ1n) is 31.0. The van der Waals surface area contributed by atoms with Gasteiger partial charge in [0.15, 0.2) is 0 Å². The third kappa shape index (κ3) is 8.19. The molecule has 5 heteroatoms. The van der Waals surface area contributed by atoms with Gasteiger partial charge in [0.05, 0.1) is 33.1 Å². The van der Waals surface area contributed by atoms with E-state index in [1.807, 2.05) is 0 Å². The minimum Gasteiger partial charge on any atom is -0.354 e. The number of benzene rings is 14. The molecule has 0 unspecified atom stereocenters. The number of fused-ring (bicyclic) bond motifs is 24. The normalized spacial score (nSPS) is 12.6. The molecule has 89 heavy (non-hydrogen) atoms. The van der Waals surface area contributed by atoms with E-state index >= 15 is 0 Å². The number of nitrogens with one attached hydrogen (secondary N) is 1. The van der Waals surface area contributed by atoms with E-state index in [9.17, 15) is 0 Å². The lowest BCUT2D eigenvalue weighted by Gasteiger charge is -2.21. The van der Waals surface area contributed by atoms with Gasteiger partial charge < -0.3 is 18.7 Å². The highest BCUT2D eigenvalue weighted by molar-refractivity contribution is 9.10. The van der Waals surface area contributed by atoms with Crippen molar-refractivity contribution in [2.45, 2.75) is 25.7 Å². The molecule has 20 rings (SSSR count). The summed E-state index contributed by atoms with van der Waals surface area (Å²) in [7, 11) is 0. The Balaban J connectivity index is 0.000000114. The molecule has 0 atom stereocenters. The first kappa shape index (κ1) is 51.5. The van der Waals surface area contributed by atoms with Gasteiger partial charge in [-0.1, -0.05) is 222 Å². The molecule has 0 aliphatic heterocycles. The van der Waals surface area contributed by atoms with Crippen LogP contribution in [0.15, 0.2) is 296 Å². The van der Waals surface area contributed by atoms with Crippen LogP contribution in [0.5, 0.6) is 0 Å². The lowest BCUT2D eigenvalue weighted by Crippen LogP contribution is -2.04. The Labute approximate surface area is 524 Å². The molecule has 0 spiro atoms. The molecule has 0 saturated heterocycles. The molecule has 0 bridgehead atoms. The number of aromatic amines is 1. The largest absolute Gasteiger partial charge is 0.354 e. The molecule has 0 saturated carbocycles. The van der Waals surface area contributed by atoms with Gasteiger partial charge in [0.2, 0.25) is 0 Å². The Morgan fingerprint density at radius 3 is 1.26 bits per heavy atom. The van der Waals surface area contributed by atoms with E-state index < -0.39 is 0 Å². The third-order valence-corrected chi connectivity index (χ3v) is 19.7. The van der Waals surface area contributed by atoms with Crippen LogP contribution >= 0.6 is 15.9 Å². The van der Waals surface area contributed by atoms with Gasteiger partial charge >= 0.3 is 0 Å². The van der Waals surface area contributed by atoms with Gasteiger partial charge in [0.25, 0.3) is 0 Å². The van der Waals surface area contributed by atoms with Crippen LogP contribution in [0.2, 0.25) is 0 Å². The summed E-state index contributed by atoms with van der Waals surface area (Å²) in [6, 6.07) is 106. The van der Waals surface area contributed by atoms with Crippen molar-refractivity contribution in [3.05, 3.63) is 318 Å². The second-order valence-electron chi connectivity index (χ2n) is 23.9. The summed E-state index contributed by atoms with van der Waals surface area (Å²) in [5.74, 6) is 0. The van der Waals surface area contributed by atoms with Crippen LogP contribution in [0.1, 0.15) is 23.7 Å². The zero-order chi connectivity index (χ0) is 58.7. The molecule has 0 amide bonds. The smallest absolute Gasteiger partial charge is 0.0619 e. The number of hydrogen-bond donors (Lipinski definition) is 1. The standard InChI is InChI=1S/C42H28N2.C22H14BrN.C20H15N.H2/c1-3-11-32-27(9-1)17-18-29-20-26-39-41(40(29)32)36-14-6-8-16-38(36)43(39)30-21-23-31(24-22-30)44-37-15-7-5-13-34(37)35-25-19-28-10-2-4-12-33(28)42(35)44;23-16-10-12-17(13-11-16)24-21-8-4-3-7-19(21)20-14-9-15-5-1-2-6-18(15)22(20)24;1-2-6-15-13(5-1)9-10-14-11-12-18-20(19(14)15)16-7-3-4-8-17(16)21-18;/h1-16,19-26H,17-18H2;1-14H;1-8,11-12,21H,9-10H2;1H/i;;;1+1. The van der Waals surface area contributed by atoms with E-state index in [0.717, 1.165) is 30.2 Å². The molecule has 0 radical (unpaired) electrons. The highest BCUT2D eigenvalue weighted by atomic mass is 79.9. The maximum absolute atomic E-state index is 3.56. The summed E-state index contributed by atoms with van der Waals surface area (Å²) in [5, 5.41) is 15.6. The van der Waals surface area contributed by atoms with Crippen molar-refractivity contribution >= 4 is 125 Å². The molecule has 2 aliphatic carbocycles. The second kappa shape index (κ2) is 20.7. The molecule has 0 fully saturated rings.